The molecule has 1 aromatic carbocycles. The molecule has 8 heteroatoms. The molecule has 5 rings (SSSR count). The number of carbonyl (C=O) groups excluding carboxylic acids is 1. The lowest BCUT2D eigenvalue weighted by Gasteiger charge is -2.37. The SMILES string of the molecule is NC(=O)N(CCCCN1CCN(c2cccc3c2OCCC3)CC1)c1cc2cccnc2[nH]1. The number of nitrogens with two attached hydrogens (primary N) is 1. The number of amides is 2. The third-order valence-electron chi connectivity index (χ3n) is 6.67. The molecule has 3 N–H and O–H groups in total. The molecule has 0 spiro atoms. The number of urea groups is 1. The number of pyridine rings is 1. The largest absolute Gasteiger partial charge is 0.491 e. The summed E-state index contributed by atoms with van der Waals surface area (Å²) in [7, 11) is 0. The number of nitrogens with zero attached hydrogens (tertiary/aromatic N) is 4. The molecule has 0 radical (unpaired) electrons. The van der Waals surface area contributed by atoms with Crippen molar-refractivity contribution in [1.82, 2.24) is 14.9 Å². The van der Waals surface area contributed by atoms with Gasteiger partial charge < -0.3 is 20.4 Å². The van der Waals surface area contributed by atoms with Crippen LogP contribution in [0.4, 0.5) is 16.3 Å². The summed E-state index contributed by atoms with van der Waals surface area (Å²) in [6.45, 7) is 6.54. The number of rotatable bonds is 7. The second-order valence-electron chi connectivity index (χ2n) is 8.84. The third-order valence-corrected chi connectivity index (χ3v) is 6.67. The highest BCUT2D eigenvalue weighted by Crippen LogP contribution is 2.35. The first-order chi connectivity index (χ1) is 16.2. The number of piperazine rings is 1. The van der Waals surface area contributed by atoms with Crippen molar-refractivity contribution in [1.29, 1.82) is 0 Å². The van der Waals surface area contributed by atoms with Crippen LogP contribution in [0.5, 0.6) is 5.75 Å². The van der Waals surface area contributed by atoms with E-state index >= 15 is 0 Å². The summed E-state index contributed by atoms with van der Waals surface area (Å²) >= 11 is 0. The average Bonchev–Trinajstić information content (AvgIpc) is 3.27. The van der Waals surface area contributed by atoms with Gasteiger partial charge in [-0.05, 0) is 62.1 Å². The van der Waals surface area contributed by atoms with Crippen LogP contribution >= 0.6 is 0 Å². The Morgan fingerprint density at radius 1 is 1.15 bits per heavy atom. The smallest absolute Gasteiger partial charge is 0.320 e. The first kappa shape index (κ1) is 21.6. The average molecular weight is 449 g/mol. The molecule has 0 bridgehead atoms. The van der Waals surface area contributed by atoms with Crippen molar-refractivity contribution in [3.63, 3.8) is 0 Å². The number of benzene rings is 1. The number of unbranched alkanes of at least 4 members (excludes halogenated alkanes) is 1. The summed E-state index contributed by atoms with van der Waals surface area (Å²) in [5.74, 6) is 1.80. The number of ether oxygens (including phenoxy) is 1. The summed E-state index contributed by atoms with van der Waals surface area (Å²) in [5.41, 5.74) is 9.01. The Hall–Kier alpha value is -3.26. The van der Waals surface area contributed by atoms with Crippen molar-refractivity contribution in [2.24, 2.45) is 5.73 Å². The van der Waals surface area contributed by atoms with E-state index in [0.29, 0.717) is 12.4 Å². The number of aromatic amines is 1. The Morgan fingerprint density at radius 3 is 2.85 bits per heavy atom. The van der Waals surface area contributed by atoms with Crippen LogP contribution in [-0.2, 0) is 6.42 Å². The van der Waals surface area contributed by atoms with Gasteiger partial charge in [-0.1, -0.05) is 12.1 Å². The van der Waals surface area contributed by atoms with Crippen LogP contribution in [0.3, 0.4) is 0 Å². The van der Waals surface area contributed by atoms with E-state index in [1.54, 1.807) is 11.1 Å². The Bertz CT molecular complexity index is 1070. The van der Waals surface area contributed by atoms with E-state index in [-0.39, 0.29) is 0 Å². The maximum atomic E-state index is 12.0. The van der Waals surface area contributed by atoms with Gasteiger partial charge in [0.2, 0.25) is 0 Å². The van der Waals surface area contributed by atoms with E-state index in [1.165, 1.54) is 11.3 Å². The molecule has 2 aliphatic rings. The van der Waals surface area contributed by atoms with Gasteiger partial charge in [0.1, 0.15) is 17.2 Å². The second-order valence-corrected chi connectivity index (χ2v) is 8.84. The fourth-order valence-corrected chi connectivity index (χ4v) is 4.88. The van der Waals surface area contributed by atoms with Gasteiger partial charge in [-0.2, -0.15) is 0 Å². The zero-order valence-corrected chi connectivity index (χ0v) is 19.0. The van der Waals surface area contributed by atoms with Crippen molar-refractivity contribution in [2.75, 3.05) is 55.7 Å². The van der Waals surface area contributed by atoms with Gasteiger partial charge in [-0.3, -0.25) is 9.80 Å². The number of aryl methyl sites for hydroxylation is 1. The monoisotopic (exact) mass is 448 g/mol. The minimum atomic E-state index is -0.441. The summed E-state index contributed by atoms with van der Waals surface area (Å²) in [6, 6.07) is 11.9. The lowest BCUT2D eigenvalue weighted by molar-refractivity contribution is 0.247. The molecule has 2 amide bonds. The molecule has 0 saturated carbocycles. The standard InChI is InChI=1S/C25H32N6O2/c26-25(32)31(22-18-20-7-4-10-27-24(20)28-22)12-2-1-11-29-13-15-30(16-14-29)21-9-3-6-19-8-5-17-33-23(19)21/h3-4,6-7,9-10,18H,1-2,5,8,11-17H2,(H2,26,32)(H,27,28). The maximum Gasteiger partial charge on any atom is 0.320 e. The Labute approximate surface area is 194 Å². The zero-order chi connectivity index (χ0) is 22.6. The quantitative estimate of drug-likeness (QED) is 0.541. The van der Waals surface area contributed by atoms with Gasteiger partial charge >= 0.3 is 6.03 Å². The molecule has 1 saturated heterocycles. The molecular formula is C25H32N6O2. The van der Waals surface area contributed by atoms with Crippen LogP contribution in [0.15, 0.2) is 42.6 Å². The van der Waals surface area contributed by atoms with E-state index in [4.69, 9.17) is 10.5 Å². The lowest BCUT2D eigenvalue weighted by atomic mass is 10.0. The predicted molar refractivity (Wildman–Crippen MR) is 131 cm³/mol. The predicted octanol–water partition coefficient (Wildman–Crippen LogP) is 3.38. The minimum absolute atomic E-state index is 0.441. The Kier molecular flexibility index (Phi) is 6.35. The normalized spacial score (nSPS) is 16.4. The number of hydrogen-bond donors (Lipinski definition) is 2. The summed E-state index contributed by atoms with van der Waals surface area (Å²) < 4.78 is 6.01. The van der Waals surface area contributed by atoms with Crippen LogP contribution in [0.2, 0.25) is 0 Å². The summed E-state index contributed by atoms with van der Waals surface area (Å²) in [4.78, 5) is 26.1. The van der Waals surface area contributed by atoms with Crippen molar-refractivity contribution in [3.05, 3.63) is 48.2 Å². The number of fused-ring (bicyclic) bond motifs is 2. The van der Waals surface area contributed by atoms with E-state index in [9.17, 15) is 4.79 Å². The highest BCUT2D eigenvalue weighted by Gasteiger charge is 2.23. The van der Waals surface area contributed by atoms with E-state index in [1.807, 2.05) is 18.2 Å². The minimum Gasteiger partial charge on any atom is -0.491 e. The number of para-hydroxylation sites is 1. The van der Waals surface area contributed by atoms with Gasteiger partial charge in [0.05, 0.1) is 12.3 Å². The molecule has 4 heterocycles. The number of primary amides is 1. The lowest BCUT2D eigenvalue weighted by Crippen LogP contribution is -2.47. The number of anilines is 2. The van der Waals surface area contributed by atoms with E-state index in [2.05, 4.69) is 38.0 Å². The summed E-state index contributed by atoms with van der Waals surface area (Å²) in [6.07, 6.45) is 5.86. The van der Waals surface area contributed by atoms with Gasteiger partial charge in [-0.15, -0.1) is 0 Å². The zero-order valence-electron chi connectivity index (χ0n) is 19.0. The third kappa shape index (κ3) is 4.75. The summed E-state index contributed by atoms with van der Waals surface area (Å²) in [5, 5.41) is 0.974. The fraction of sp³-hybridized carbons (Fsp3) is 0.440. The van der Waals surface area contributed by atoms with E-state index in [0.717, 1.165) is 81.8 Å². The topological polar surface area (TPSA) is 90.7 Å². The molecule has 0 atom stereocenters. The van der Waals surface area contributed by atoms with Crippen LogP contribution in [0, 0.1) is 0 Å². The first-order valence-electron chi connectivity index (χ1n) is 11.9. The fourth-order valence-electron chi connectivity index (χ4n) is 4.88. The maximum absolute atomic E-state index is 12.0. The van der Waals surface area contributed by atoms with Crippen LogP contribution in [0.25, 0.3) is 11.0 Å². The molecule has 2 aromatic heterocycles. The molecule has 0 aliphatic carbocycles. The molecule has 3 aromatic rings. The molecular weight excluding hydrogens is 416 g/mol. The molecule has 174 valence electrons. The number of aromatic nitrogens is 2. The molecule has 33 heavy (non-hydrogen) atoms. The Morgan fingerprint density at radius 2 is 2.03 bits per heavy atom. The number of nitrogens with one attached hydrogen (secondary N) is 1. The van der Waals surface area contributed by atoms with E-state index < -0.39 is 6.03 Å². The van der Waals surface area contributed by atoms with Gasteiger partial charge in [0.15, 0.2) is 0 Å². The number of carbonyl (C=O) groups is 1. The molecule has 0 unspecified atom stereocenters. The van der Waals surface area contributed by atoms with Crippen LogP contribution in [-0.4, -0.2) is 66.8 Å². The number of H-pyrrole nitrogens is 1. The van der Waals surface area contributed by atoms with Gasteiger partial charge in [0, 0.05) is 44.3 Å². The molecule has 1 fully saturated rings. The number of hydrogen-bond acceptors (Lipinski definition) is 5. The second kappa shape index (κ2) is 9.70. The molecule has 2 aliphatic heterocycles. The first-order valence-corrected chi connectivity index (χ1v) is 11.9. The Balaban J connectivity index is 1.10. The van der Waals surface area contributed by atoms with Gasteiger partial charge in [-0.25, -0.2) is 9.78 Å². The van der Waals surface area contributed by atoms with Crippen molar-refractivity contribution >= 4 is 28.6 Å². The van der Waals surface area contributed by atoms with Crippen molar-refractivity contribution in [2.45, 2.75) is 25.7 Å². The highest BCUT2D eigenvalue weighted by atomic mass is 16.5. The van der Waals surface area contributed by atoms with Crippen molar-refractivity contribution < 1.29 is 9.53 Å². The van der Waals surface area contributed by atoms with Crippen molar-refractivity contribution in [3.8, 4) is 5.75 Å². The van der Waals surface area contributed by atoms with Crippen LogP contribution in [0.1, 0.15) is 24.8 Å². The van der Waals surface area contributed by atoms with Gasteiger partial charge in [0.25, 0.3) is 0 Å². The highest BCUT2D eigenvalue weighted by molar-refractivity contribution is 5.93. The molecule has 8 nitrogen and oxygen atoms in total. The van der Waals surface area contributed by atoms with Crippen LogP contribution < -0.4 is 20.3 Å².